The molecular formula is C12H22N2O3S. The molecule has 1 amide bonds. The third-order valence-corrected chi connectivity index (χ3v) is 6.13. The zero-order valence-corrected chi connectivity index (χ0v) is 11.5. The van der Waals surface area contributed by atoms with Crippen molar-refractivity contribution in [2.45, 2.75) is 32.1 Å². The maximum absolute atomic E-state index is 11.8. The summed E-state index contributed by atoms with van der Waals surface area (Å²) in [5.74, 6) is 0.592. The van der Waals surface area contributed by atoms with E-state index in [9.17, 15) is 13.2 Å². The van der Waals surface area contributed by atoms with Crippen LogP contribution in [0.3, 0.4) is 0 Å². The molecule has 6 heteroatoms. The monoisotopic (exact) mass is 274 g/mol. The van der Waals surface area contributed by atoms with E-state index in [1.54, 1.807) is 0 Å². The fraction of sp³-hybridized carbons (Fsp3) is 0.917. The lowest BCUT2D eigenvalue weighted by atomic mass is 9.66. The van der Waals surface area contributed by atoms with Crippen LogP contribution >= 0.6 is 0 Å². The van der Waals surface area contributed by atoms with Crippen molar-refractivity contribution in [1.29, 1.82) is 0 Å². The van der Waals surface area contributed by atoms with Gasteiger partial charge in [0.05, 0.1) is 11.5 Å². The predicted molar refractivity (Wildman–Crippen MR) is 69.7 cm³/mol. The number of sulfone groups is 1. The standard InChI is InChI=1S/C12H22N2O3S/c13-9-12(3-1-4-12)6-11(15)14-7-10-2-5-18(16,17)8-10/h10H,1-9,13H2,(H,14,15). The maximum atomic E-state index is 11.8. The fourth-order valence-corrected chi connectivity index (χ4v) is 4.69. The van der Waals surface area contributed by atoms with E-state index < -0.39 is 9.84 Å². The Morgan fingerprint density at radius 2 is 2.11 bits per heavy atom. The second kappa shape index (κ2) is 5.17. The van der Waals surface area contributed by atoms with Gasteiger partial charge in [0.25, 0.3) is 0 Å². The first-order valence-electron chi connectivity index (χ1n) is 6.62. The molecule has 0 aromatic heterocycles. The molecule has 2 aliphatic rings. The van der Waals surface area contributed by atoms with Gasteiger partial charge in [-0.1, -0.05) is 6.42 Å². The van der Waals surface area contributed by atoms with Crippen LogP contribution in [-0.4, -0.2) is 38.9 Å². The molecule has 0 bridgehead atoms. The van der Waals surface area contributed by atoms with E-state index in [4.69, 9.17) is 5.73 Å². The van der Waals surface area contributed by atoms with Crippen LogP contribution in [0, 0.1) is 11.3 Å². The summed E-state index contributed by atoms with van der Waals surface area (Å²) in [6.07, 6.45) is 4.39. The van der Waals surface area contributed by atoms with Crippen molar-refractivity contribution in [3.05, 3.63) is 0 Å². The van der Waals surface area contributed by atoms with E-state index >= 15 is 0 Å². The molecule has 3 N–H and O–H groups in total. The number of amides is 1. The van der Waals surface area contributed by atoms with E-state index in [1.165, 1.54) is 0 Å². The Balaban J connectivity index is 1.72. The molecule has 1 aliphatic heterocycles. The lowest BCUT2D eigenvalue weighted by Crippen LogP contribution is -2.42. The van der Waals surface area contributed by atoms with Crippen LogP contribution in [0.1, 0.15) is 32.1 Å². The van der Waals surface area contributed by atoms with E-state index in [2.05, 4.69) is 5.32 Å². The summed E-state index contributed by atoms with van der Waals surface area (Å²) in [6, 6.07) is 0. The lowest BCUT2D eigenvalue weighted by molar-refractivity contribution is -0.124. The number of carbonyl (C=O) groups excluding carboxylic acids is 1. The first-order valence-corrected chi connectivity index (χ1v) is 8.44. The molecular weight excluding hydrogens is 252 g/mol. The maximum Gasteiger partial charge on any atom is 0.220 e. The van der Waals surface area contributed by atoms with Crippen molar-refractivity contribution >= 4 is 15.7 Å². The fourth-order valence-electron chi connectivity index (χ4n) is 2.82. The minimum absolute atomic E-state index is 0.0180. The van der Waals surface area contributed by atoms with E-state index in [0.717, 1.165) is 19.3 Å². The molecule has 18 heavy (non-hydrogen) atoms. The Kier molecular flexibility index (Phi) is 3.96. The van der Waals surface area contributed by atoms with Gasteiger partial charge in [0.2, 0.25) is 5.91 Å². The lowest BCUT2D eigenvalue weighted by Gasteiger charge is -2.40. The predicted octanol–water partition coefficient (Wildman–Crippen LogP) is 0.0564. The average Bonchev–Trinajstić information content (AvgIpc) is 2.61. The highest BCUT2D eigenvalue weighted by Gasteiger charge is 2.37. The number of hydrogen-bond donors (Lipinski definition) is 2. The van der Waals surface area contributed by atoms with Crippen molar-refractivity contribution in [2.24, 2.45) is 17.1 Å². The highest BCUT2D eigenvalue weighted by atomic mass is 32.2. The van der Waals surface area contributed by atoms with Crippen molar-refractivity contribution in [3.8, 4) is 0 Å². The van der Waals surface area contributed by atoms with Crippen LogP contribution in [0.15, 0.2) is 0 Å². The summed E-state index contributed by atoms with van der Waals surface area (Å²) in [4.78, 5) is 11.8. The molecule has 1 saturated carbocycles. The zero-order chi connectivity index (χ0) is 13.2. The Hall–Kier alpha value is -0.620. The van der Waals surface area contributed by atoms with Gasteiger partial charge in [-0.25, -0.2) is 8.42 Å². The summed E-state index contributed by atoms with van der Waals surface area (Å²) in [6.45, 7) is 1.05. The molecule has 1 heterocycles. The molecule has 1 unspecified atom stereocenters. The molecule has 5 nitrogen and oxygen atoms in total. The van der Waals surface area contributed by atoms with Crippen LogP contribution in [-0.2, 0) is 14.6 Å². The smallest absolute Gasteiger partial charge is 0.220 e. The minimum Gasteiger partial charge on any atom is -0.356 e. The summed E-state index contributed by atoms with van der Waals surface area (Å²) < 4.78 is 22.6. The third-order valence-electron chi connectivity index (χ3n) is 4.30. The second-order valence-corrected chi connectivity index (χ2v) is 8.04. The Labute approximate surface area is 108 Å². The zero-order valence-electron chi connectivity index (χ0n) is 10.7. The van der Waals surface area contributed by atoms with Gasteiger partial charge in [0.15, 0.2) is 9.84 Å². The van der Waals surface area contributed by atoms with Crippen LogP contribution in [0.25, 0.3) is 0 Å². The first kappa shape index (κ1) is 13.8. The van der Waals surface area contributed by atoms with Crippen LogP contribution in [0.2, 0.25) is 0 Å². The molecule has 0 aromatic rings. The first-order chi connectivity index (χ1) is 8.45. The van der Waals surface area contributed by atoms with Crippen molar-refractivity contribution in [1.82, 2.24) is 5.32 Å². The molecule has 0 spiro atoms. The molecule has 1 saturated heterocycles. The van der Waals surface area contributed by atoms with Crippen molar-refractivity contribution in [3.63, 3.8) is 0 Å². The summed E-state index contributed by atoms with van der Waals surface area (Å²) in [5, 5.41) is 2.86. The minimum atomic E-state index is -2.85. The van der Waals surface area contributed by atoms with E-state index in [0.29, 0.717) is 25.9 Å². The Morgan fingerprint density at radius 3 is 2.56 bits per heavy atom. The topological polar surface area (TPSA) is 89.3 Å². The SMILES string of the molecule is NCC1(CC(=O)NCC2CCS(=O)(=O)C2)CCC1. The molecule has 1 aliphatic carbocycles. The third kappa shape index (κ3) is 3.23. The largest absolute Gasteiger partial charge is 0.356 e. The molecule has 104 valence electrons. The van der Waals surface area contributed by atoms with Gasteiger partial charge in [-0.05, 0) is 37.1 Å². The number of nitrogens with two attached hydrogens (primary N) is 1. The average molecular weight is 274 g/mol. The molecule has 0 aromatic carbocycles. The number of rotatable bonds is 5. The van der Waals surface area contributed by atoms with Crippen LogP contribution in [0.5, 0.6) is 0 Å². The summed E-state index contributed by atoms with van der Waals surface area (Å²) >= 11 is 0. The Morgan fingerprint density at radius 1 is 1.39 bits per heavy atom. The van der Waals surface area contributed by atoms with Gasteiger partial charge in [-0.3, -0.25) is 4.79 Å². The van der Waals surface area contributed by atoms with E-state index in [-0.39, 0.29) is 28.7 Å². The normalized spacial score (nSPS) is 28.6. The molecule has 0 radical (unpaired) electrons. The highest BCUT2D eigenvalue weighted by molar-refractivity contribution is 7.91. The van der Waals surface area contributed by atoms with Gasteiger partial charge in [0, 0.05) is 13.0 Å². The van der Waals surface area contributed by atoms with Gasteiger partial charge < -0.3 is 11.1 Å². The van der Waals surface area contributed by atoms with Gasteiger partial charge >= 0.3 is 0 Å². The van der Waals surface area contributed by atoms with Gasteiger partial charge in [-0.2, -0.15) is 0 Å². The van der Waals surface area contributed by atoms with Gasteiger partial charge in [0.1, 0.15) is 0 Å². The summed E-state index contributed by atoms with van der Waals surface area (Å²) in [5.41, 5.74) is 5.73. The van der Waals surface area contributed by atoms with Crippen LogP contribution in [0.4, 0.5) is 0 Å². The molecule has 2 fully saturated rings. The summed E-state index contributed by atoms with van der Waals surface area (Å²) in [7, 11) is -2.85. The molecule has 2 rings (SSSR count). The highest BCUT2D eigenvalue weighted by Crippen LogP contribution is 2.42. The molecule has 1 atom stereocenters. The number of carbonyl (C=O) groups is 1. The van der Waals surface area contributed by atoms with Gasteiger partial charge in [-0.15, -0.1) is 0 Å². The van der Waals surface area contributed by atoms with Crippen LogP contribution < -0.4 is 11.1 Å². The van der Waals surface area contributed by atoms with E-state index in [1.807, 2.05) is 0 Å². The quantitative estimate of drug-likeness (QED) is 0.741. The Bertz CT molecular complexity index is 410. The van der Waals surface area contributed by atoms with Crippen molar-refractivity contribution < 1.29 is 13.2 Å². The number of nitrogens with one attached hydrogen (secondary N) is 1. The van der Waals surface area contributed by atoms with Crippen molar-refractivity contribution in [2.75, 3.05) is 24.6 Å². The number of hydrogen-bond acceptors (Lipinski definition) is 4. The second-order valence-electron chi connectivity index (χ2n) is 5.81.